The molecule has 2 rings (SSSR count). The lowest BCUT2D eigenvalue weighted by atomic mass is 9.77. The molecule has 1 aliphatic rings. The third-order valence-corrected chi connectivity index (χ3v) is 4.72. The number of rotatable bonds is 2. The fourth-order valence-electron chi connectivity index (χ4n) is 2.80. The molecule has 2 N–H and O–H groups in total. The molecule has 1 saturated heterocycles. The zero-order valence-corrected chi connectivity index (χ0v) is 12.6. The van der Waals surface area contributed by atoms with E-state index in [-0.39, 0.29) is 0 Å². The van der Waals surface area contributed by atoms with Gasteiger partial charge in [0.15, 0.2) is 5.13 Å². The Bertz CT molecular complexity index is 381. The Morgan fingerprint density at radius 1 is 1.39 bits per heavy atom. The molecular weight excluding hydrogens is 242 g/mol. The van der Waals surface area contributed by atoms with Gasteiger partial charge in [0.05, 0.1) is 5.69 Å². The van der Waals surface area contributed by atoms with Gasteiger partial charge in [-0.1, -0.05) is 20.8 Å². The number of likely N-dealkylation sites (tertiary alicyclic amines) is 1. The molecule has 1 aliphatic heterocycles. The van der Waals surface area contributed by atoms with Crippen LogP contribution in [0.3, 0.4) is 0 Å². The monoisotopic (exact) mass is 267 g/mol. The largest absolute Gasteiger partial charge is 0.375 e. The van der Waals surface area contributed by atoms with Crippen LogP contribution in [0, 0.1) is 11.3 Å². The van der Waals surface area contributed by atoms with E-state index in [1.807, 2.05) is 0 Å². The highest BCUT2D eigenvalue weighted by Crippen LogP contribution is 2.34. The number of hydrogen-bond acceptors (Lipinski definition) is 4. The molecule has 1 unspecified atom stereocenters. The molecule has 0 radical (unpaired) electrons. The van der Waals surface area contributed by atoms with E-state index in [0.29, 0.717) is 10.5 Å². The number of anilines is 1. The first-order valence-electron chi connectivity index (χ1n) is 6.87. The van der Waals surface area contributed by atoms with E-state index in [1.165, 1.54) is 32.4 Å². The van der Waals surface area contributed by atoms with Crippen LogP contribution in [0.2, 0.25) is 0 Å². The van der Waals surface area contributed by atoms with Crippen molar-refractivity contribution in [2.45, 2.75) is 46.6 Å². The van der Waals surface area contributed by atoms with Crippen LogP contribution in [0.25, 0.3) is 0 Å². The highest BCUT2D eigenvalue weighted by molar-refractivity contribution is 7.13. The SMILES string of the molecule is CC(C)(C)C1CCCN(Cc2csc(N)n2)CC1. The molecule has 4 heteroatoms. The number of nitrogens with zero attached hydrogens (tertiary/aromatic N) is 2. The normalized spacial score (nSPS) is 22.9. The molecule has 3 nitrogen and oxygen atoms in total. The van der Waals surface area contributed by atoms with Crippen LogP contribution >= 0.6 is 11.3 Å². The van der Waals surface area contributed by atoms with Crippen molar-refractivity contribution >= 4 is 16.5 Å². The molecule has 1 aromatic heterocycles. The van der Waals surface area contributed by atoms with Gasteiger partial charge in [0, 0.05) is 11.9 Å². The molecule has 1 atom stereocenters. The van der Waals surface area contributed by atoms with Crippen molar-refractivity contribution in [1.29, 1.82) is 0 Å². The summed E-state index contributed by atoms with van der Waals surface area (Å²) in [6.45, 7) is 10.5. The summed E-state index contributed by atoms with van der Waals surface area (Å²) in [5.74, 6) is 0.850. The van der Waals surface area contributed by atoms with Crippen molar-refractivity contribution in [3.05, 3.63) is 11.1 Å². The van der Waals surface area contributed by atoms with Gasteiger partial charge in [-0.2, -0.15) is 0 Å². The van der Waals surface area contributed by atoms with Gasteiger partial charge in [0.1, 0.15) is 0 Å². The molecule has 0 aliphatic carbocycles. The van der Waals surface area contributed by atoms with Crippen LogP contribution in [0.5, 0.6) is 0 Å². The average Bonchev–Trinajstić information content (AvgIpc) is 2.53. The van der Waals surface area contributed by atoms with Crippen LogP contribution < -0.4 is 5.73 Å². The second-order valence-electron chi connectivity index (χ2n) is 6.45. The third-order valence-electron chi connectivity index (χ3n) is 4.00. The number of nitrogen functional groups attached to an aromatic ring is 1. The Labute approximate surface area is 114 Å². The molecule has 102 valence electrons. The van der Waals surface area contributed by atoms with Gasteiger partial charge in [-0.3, -0.25) is 4.90 Å². The molecule has 2 heterocycles. The van der Waals surface area contributed by atoms with E-state index >= 15 is 0 Å². The van der Waals surface area contributed by atoms with Gasteiger partial charge in [0.2, 0.25) is 0 Å². The van der Waals surface area contributed by atoms with Crippen molar-refractivity contribution in [3.8, 4) is 0 Å². The van der Waals surface area contributed by atoms with E-state index in [9.17, 15) is 0 Å². The molecule has 0 saturated carbocycles. The van der Waals surface area contributed by atoms with Gasteiger partial charge in [0.25, 0.3) is 0 Å². The van der Waals surface area contributed by atoms with E-state index < -0.39 is 0 Å². The first-order chi connectivity index (χ1) is 8.45. The van der Waals surface area contributed by atoms with E-state index in [1.54, 1.807) is 11.3 Å². The minimum atomic E-state index is 0.446. The summed E-state index contributed by atoms with van der Waals surface area (Å²) >= 11 is 1.54. The number of hydrogen-bond donors (Lipinski definition) is 1. The van der Waals surface area contributed by atoms with Crippen LogP contribution in [0.1, 0.15) is 45.7 Å². The van der Waals surface area contributed by atoms with Crippen LogP contribution in [0.4, 0.5) is 5.13 Å². The average molecular weight is 267 g/mol. The third kappa shape index (κ3) is 3.69. The summed E-state index contributed by atoms with van der Waals surface area (Å²) in [6, 6.07) is 0. The summed E-state index contributed by atoms with van der Waals surface area (Å²) < 4.78 is 0. The molecule has 0 amide bonds. The Balaban J connectivity index is 1.89. The maximum atomic E-state index is 5.68. The minimum absolute atomic E-state index is 0.446. The lowest BCUT2D eigenvalue weighted by molar-refractivity contribution is 0.206. The lowest BCUT2D eigenvalue weighted by Crippen LogP contribution is -2.26. The molecule has 1 fully saturated rings. The number of thiazole rings is 1. The minimum Gasteiger partial charge on any atom is -0.375 e. The van der Waals surface area contributed by atoms with Crippen molar-refractivity contribution in [2.24, 2.45) is 11.3 Å². The fraction of sp³-hybridized carbons (Fsp3) is 0.786. The molecule has 1 aromatic rings. The smallest absolute Gasteiger partial charge is 0.180 e. The summed E-state index contributed by atoms with van der Waals surface area (Å²) in [5, 5.41) is 2.77. The Kier molecular flexibility index (Phi) is 4.28. The first-order valence-corrected chi connectivity index (χ1v) is 7.75. The van der Waals surface area contributed by atoms with E-state index in [0.717, 1.165) is 18.2 Å². The maximum Gasteiger partial charge on any atom is 0.180 e. The van der Waals surface area contributed by atoms with Crippen molar-refractivity contribution in [1.82, 2.24) is 9.88 Å². The standard InChI is InChI=1S/C14H25N3S/c1-14(2,3)11-5-4-7-17(8-6-11)9-12-10-18-13(15)16-12/h10-11H,4-9H2,1-3H3,(H2,15,16). The van der Waals surface area contributed by atoms with Crippen LogP contribution in [-0.4, -0.2) is 23.0 Å². The Morgan fingerprint density at radius 3 is 2.78 bits per heavy atom. The number of nitrogens with two attached hydrogens (primary N) is 1. The molecule has 18 heavy (non-hydrogen) atoms. The fourth-order valence-corrected chi connectivity index (χ4v) is 3.36. The summed E-state index contributed by atoms with van der Waals surface area (Å²) in [7, 11) is 0. The van der Waals surface area contributed by atoms with Gasteiger partial charge in [-0.25, -0.2) is 4.98 Å². The topological polar surface area (TPSA) is 42.1 Å². The Hall–Kier alpha value is -0.610. The molecular formula is C14H25N3S. The lowest BCUT2D eigenvalue weighted by Gasteiger charge is -2.29. The molecule has 0 bridgehead atoms. The van der Waals surface area contributed by atoms with E-state index in [4.69, 9.17) is 5.73 Å². The van der Waals surface area contributed by atoms with Gasteiger partial charge in [-0.05, 0) is 43.7 Å². The zero-order chi connectivity index (χ0) is 13.2. The predicted molar refractivity (Wildman–Crippen MR) is 78.6 cm³/mol. The highest BCUT2D eigenvalue weighted by Gasteiger charge is 2.27. The van der Waals surface area contributed by atoms with Crippen molar-refractivity contribution < 1.29 is 0 Å². The predicted octanol–water partition coefficient (Wildman–Crippen LogP) is 3.37. The van der Waals surface area contributed by atoms with Gasteiger partial charge < -0.3 is 5.73 Å². The van der Waals surface area contributed by atoms with Crippen LogP contribution in [0.15, 0.2) is 5.38 Å². The highest BCUT2D eigenvalue weighted by atomic mass is 32.1. The summed E-state index contributed by atoms with van der Waals surface area (Å²) in [5.41, 5.74) is 7.26. The summed E-state index contributed by atoms with van der Waals surface area (Å²) in [6.07, 6.45) is 3.98. The summed E-state index contributed by atoms with van der Waals surface area (Å²) in [4.78, 5) is 6.89. The second-order valence-corrected chi connectivity index (χ2v) is 7.34. The molecule has 0 aromatic carbocycles. The zero-order valence-electron chi connectivity index (χ0n) is 11.8. The van der Waals surface area contributed by atoms with Gasteiger partial charge >= 0.3 is 0 Å². The molecule has 0 spiro atoms. The first kappa shape index (κ1) is 13.8. The van der Waals surface area contributed by atoms with Crippen molar-refractivity contribution in [2.75, 3.05) is 18.8 Å². The van der Waals surface area contributed by atoms with E-state index in [2.05, 4.69) is 36.0 Å². The van der Waals surface area contributed by atoms with Gasteiger partial charge in [-0.15, -0.1) is 11.3 Å². The van der Waals surface area contributed by atoms with Crippen molar-refractivity contribution in [3.63, 3.8) is 0 Å². The number of aromatic nitrogens is 1. The maximum absolute atomic E-state index is 5.68. The Morgan fingerprint density at radius 2 is 2.17 bits per heavy atom. The quantitative estimate of drug-likeness (QED) is 0.893. The van der Waals surface area contributed by atoms with Crippen LogP contribution in [-0.2, 0) is 6.54 Å². The second kappa shape index (κ2) is 5.57.